The first-order valence-corrected chi connectivity index (χ1v) is 11.4. The number of fused-ring (bicyclic) bond motifs is 3. The largest absolute Gasteiger partial charge is 0.539 e. The van der Waals surface area contributed by atoms with Gasteiger partial charge in [0.2, 0.25) is 0 Å². The van der Waals surface area contributed by atoms with Gasteiger partial charge in [-0.1, -0.05) is 91.0 Å². The Balaban J connectivity index is 1.93. The molecule has 0 atom stereocenters. The third-order valence-electron chi connectivity index (χ3n) is 5.66. The zero-order chi connectivity index (χ0) is 19.0. The van der Waals surface area contributed by atoms with Crippen LogP contribution < -0.4 is 25.4 Å². The predicted molar refractivity (Wildman–Crippen MR) is 119 cm³/mol. The first kappa shape index (κ1) is 17.0. The number of rotatable bonds is 4. The summed E-state index contributed by atoms with van der Waals surface area (Å²) in [6.07, 6.45) is 0. The van der Waals surface area contributed by atoms with Gasteiger partial charge in [0.25, 0.3) is 0 Å². The average molecular weight is 378 g/mol. The molecule has 1 aliphatic heterocycles. The first-order chi connectivity index (χ1) is 13.9. The quantitative estimate of drug-likeness (QED) is 0.483. The maximum Gasteiger partial charge on any atom is 0.504 e. The summed E-state index contributed by atoms with van der Waals surface area (Å²) < 4.78 is 5.47. The molecule has 134 valence electrons. The van der Waals surface area contributed by atoms with Crippen LogP contribution in [-0.4, -0.2) is 20.8 Å². The van der Waals surface area contributed by atoms with Crippen LogP contribution in [0.1, 0.15) is 0 Å². The Labute approximate surface area is 166 Å². The predicted octanol–water partition coefficient (Wildman–Crippen LogP) is 1.68. The van der Waals surface area contributed by atoms with E-state index in [1.165, 1.54) is 31.9 Å². The standard InChI is InChI=1S/C24H19BO2Si/c26-25-27-18-15-16-22-21-13-7-8-14-23(21)28(24(22)17-18,19-9-3-1-4-10-19)20-11-5-2-6-12-20/h1-17,25-26H. The molecule has 0 amide bonds. The molecule has 4 aromatic rings. The van der Waals surface area contributed by atoms with Gasteiger partial charge in [0, 0.05) is 0 Å². The van der Waals surface area contributed by atoms with Gasteiger partial charge in [0.15, 0.2) is 8.07 Å². The molecular formula is C24H19BO2Si. The van der Waals surface area contributed by atoms with E-state index in [0.717, 1.165) is 0 Å². The maximum atomic E-state index is 9.30. The Kier molecular flexibility index (Phi) is 4.15. The molecule has 4 heteroatoms. The molecule has 4 aromatic carbocycles. The summed E-state index contributed by atoms with van der Waals surface area (Å²) in [5.74, 6) is 0.706. The Morgan fingerprint density at radius 1 is 0.607 bits per heavy atom. The summed E-state index contributed by atoms with van der Waals surface area (Å²) in [6, 6.07) is 36.7. The fourth-order valence-corrected chi connectivity index (χ4v) is 9.79. The minimum Gasteiger partial charge on any atom is -0.539 e. The fraction of sp³-hybridized carbons (Fsp3) is 0. The van der Waals surface area contributed by atoms with Crippen molar-refractivity contribution in [2.75, 3.05) is 0 Å². The van der Waals surface area contributed by atoms with Crippen molar-refractivity contribution in [1.82, 2.24) is 0 Å². The van der Waals surface area contributed by atoms with Gasteiger partial charge in [0.05, 0.1) is 0 Å². The highest BCUT2D eigenvalue weighted by Crippen LogP contribution is 2.30. The molecular weight excluding hydrogens is 359 g/mol. The Bertz CT molecular complexity index is 1090. The van der Waals surface area contributed by atoms with E-state index < -0.39 is 8.07 Å². The third-order valence-corrected chi connectivity index (χ3v) is 10.5. The second-order valence-electron chi connectivity index (χ2n) is 7.01. The van der Waals surface area contributed by atoms with Crippen molar-refractivity contribution in [3.05, 3.63) is 103 Å². The second-order valence-corrected chi connectivity index (χ2v) is 10.7. The summed E-state index contributed by atoms with van der Waals surface area (Å²) in [5.41, 5.74) is 2.56. The van der Waals surface area contributed by atoms with E-state index in [1.54, 1.807) is 0 Å². The molecule has 5 rings (SSSR count). The van der Waals surface area contributed by atoms with Gasteiger partial charge in [0.1, 0.15) is 5.75 Å². The van der Waals surface area contributed by atoms with Crippen molar-refractivity contribution in [3.8, 4) is 16.9 Å². The molecule has 0 aromatic heterocycles. The van der Waals surface area contributed by atoms with Crippen LogP contribution in [0.25, 0.3) is 11.1 Å². The maximum absolute atomic E-state index is 9.30. The zero-order valence-corrected chi connectivity index (χ0v) is 16.4. The molecule has 0 fully saturated rings. The van der Waals surface area contributed by atoms with E-state index in [4.69, 9.17) is 4.65 Å². The molecule has 28 heavy (non-hydrogen) atoms. The van der Waals surface area contributed by atoms with Crippen LogP contribution in [-0.2, 0) is 0 Å². The van der Waals surface area contributed by atoms with Gasteiger partial charge in [-0.2, -0.15) is 0 Å². The molecule has 0 saturated heterocycles. The number of hydrogen-bond donors (Lipinski definition) is 1. The van der Waals surface area contributed by atoms with E-state index in [9.17, 15) is 5.02 Å². The molecule has 0 radical (unpaired) electrons. The van der Waals surface area contributed by atoms with Crippen molar-refractivity contribution < 1.29 is 9.68 Å². The molecule has 1 heterocycles. The van der Waals surface area contributed by atoms with Crippen LogP contribution in [0, 0.1) is 0 Å². The molecule has 0 bridgehead atoms. The van der Waals surface area contributed by atoms with Crippen molar-refractivity contribution >= 4 is 36.5 Å². The summed E-state index contributed by atoms with van der Waals surface area (Å²) in [7, 11) is -2.77. The van der Waals surface area contributed by atoms with Gasteiger partial charge in [-0.05, 0) is 44.0 Å². The lowest BCUT2D eigenvalue weighted by Gasteiger charge is -2.31. The normalized spacial score (nSPS) is 13.5. The monoisotopic (exact) mass is 378 g/mol. The zero-order valence-electron chi connectivity index (χ0n) is 15.4. The van der Waals surface area contributed by atoms with Crippen molar-refractivity contribution in [3.63, 3.8) is 0 Å². The highest BCUT2D eigenvalue weighted by Gasteiger charge is 2.48. The van der Waals surface area contributed by atoms with E-state index in [1.807, 2.05) is 6.07 Å². The van der Waals surface area contributed by atoms with E-state index in [2.05, 4.69) is 97.1 Å². The van der Waals surface area contributed by atoms with E-state index in [-0.39, 0.29) is 7.69 Å². The third kappa shape index (κ3) is 2.39. The fourth-order valence-electron chi connectivity index (χ4n) is 4.59. The summed E-state index contributed by atoms with van der Waals surface area (Å²) in [6.45, 7) is 0. The van der Waals surface area contributed by atoms with Gasteiger partial charge in [-0.15, -0.1) is 0 Å². The van der Waals surface area contributed by atoms with Crippen molar-refractivity contribution in [2.45, 2.75) is 0 Å². The topological polar surface area (TPSA) is 29.5 Å². The number of hydrogen-bond acceptors (Lipinski definition) is 2. The van der Waals surface area contributed by atoms with Gasteiger partial charge in [-0.3, -0.25) is 0 Å². The summed E-state index contributed by atoms with van der Waals surface area (Å²) in [5, 5.41) is 14.7. The lowest BCUT2D eigenvalue weighted by molar-refractivity contribution is 0.454. The second kappa shape index (κ2) is 6.82. The summed E-state index contributed by atoms with van der Waals surface area (Å²) >= 11 is 0. The van der Waals surface area contributed by atoms with Gasteiger partial charge in [-0.25, -0.2) is 0 Å². The average Bonchev–Trinajstić information content (AvgIpc) is 3.06. The molecule has 2 nitrogen and oxygen atoms in total. The van der Waals surface area contributed by atoms with E-state index in [0.29, 0.717) is 5.75 Å². The molecule has 0 aliphatic carbocycles. The molecule has 1 aliphatic rings. The van der Waals surface area contributed by atoms with Gasteiger partial charge >= 0.3 is 7.69 Å². The molecule has 0 saturated carbocycles. The van der Waals surface area contributed by atoms with Gasteiger partial charge < -0.3 is 9.68 Å². The summed E-state index contributed by atoms with van der Waals surface area (Å²) in [4.78, 5) is 0. The smallest absolute Gasteiger partial charge is 0.504 e. The minimum atomic E-state index is -2.45. The van der Waals surface area contributed by atoms with Crippen LogP contribution in [0.5, 0.6) is 5.75 Å². The first-order valence-electron chi connectivity index (χ1n) is 9.45. The number of benzene rings is 4. The van der Waals surface area contributed by atoms with Crippen molar-refractivity contribution in [1.29, 1.82) is 0 Å². The Morgan fingerprint density at radius 3 is 1.82 bits per heavy atom. The van der Waals surface area contributed by atoms with Crippen molar-refractivity contribution in [2.24, 2.45) is 0 Å². The van der Waals surface area contributed by atoms with Crippen LogP contribution in [0.2, 0.25) is 0 Å². The van der Waals surface area contributed by atoms with Crippen LogP contribution >= 0.6 is 0 Å². The molecule has 0 unspecified atom stereocenters. The lowest BCUT2D eigenvalue weighted by atomic mass is 10.1. The molecule has 1 N–H and O–H groups in total. The minimum absolute atomic E-state index is 0.322. The van der Waals surface area contributed by atoms with Crippen LogP contribution in [0.4, 0.5) is 0 Å². The lowest BCUT2D eigenvalue weighted by Crippen LogP contribution is -2.72. The highest BCUT2D eigenvalue weighted by molar-refractivity contribution is 7.22. The Hall–Kier alpha value is -3.08. The SMILES string of the molecule is OBOc1ccc2c(c1)[Si](c1ccccc1)(c1ccccc1)c1ccccc1-2. The van der Waals surface area contributed by atoms with Crippen LogP contribution in [0.15, 0.2) is 103 Å². The van der Waals surface area contributed by atoms with E-state index >= 15 is 0 Å². The highest BCUT2D eigenvalue weighted by atomic mass is 28.3. The molecule has 0 spiro atoms. The van der Waals surface area contributed by atoms with Crippen LogP contribution in [0.3, 0.4) is 0 Å². The Morgan fingerprint density at radius 2 is 1.18 bits per heavy atom.